The number of rotatable bonds is 6. The molecule has 192 valence electrons. The molecule has 0 bridgehead atoms. The van der Waals surface area contributed by atoms with Crippen molar-refractivity contribution in [2.75, 3.05) is 11.9 Å². The number of amides is 2. The van der Waals surface area contributed by atoms with Gasteiger partial charge in [-0.15, -0.1) is 0 Å². The second kappa shape index (κ2) is 12.1. The number of hydrogen-bond donors (Lipinski definition) is 3. The number of aromatic nitrogens is 3. The normalized spacial score (nSPS) is 13.3. The van der Waals surface area contributed by atoms with Gasteiger partial charge in [0, 0.05) is 28.9 Å². The molecule has 0 unspecified atom stereocenters. The lowest BCUT2D eigenvalue weighted by molar-refractivity contribution is 0.234. The number of benzene rings is 2. The van der Waals surface area contributed by atoms with Gasteiger partial charge in [0.05, 0.1) is 18.3 Å². The molecule has 1 aliphatic carbocycles. The van der Waals surface area contributed by atoms with Crippen LogP contribution in [0.5, 0.6) is 11.5 Å². The minimum absolute atomic E-state index is 0.156. The highest BCUT2D eigenvalue weighted by molar-refractivity contribution is 5.91. The molecular formula is C30H30N6O2. The van der Waals surface area contributed by atoms with Gasteiger partial charge < -0.3 is 20.7 Å². The van der Waals surface area contributed by atoms with Gasteiger partial charge in [-0.25, -0.2) is 14.8 Å². The number of urea groups is 1. The van der Waals surface area contributed by atoms with Gasteiger partial charge in [0.25, 0.3) is 0 Å². The van der Waals surface area contributed by atoms with Gasteiger partial charge in [0.2, 0.25) is 0 Å². The summed E-state index contributed by atoms with van der Waals surface area (Å²) in [6.07, 6.45) is 10.7. The summed E-state index contributed by atoms with van der Waals surface area (Å²) in [5.74, 6) is 8.29. The van der Waals surface area contributed by atoms with Crippen molar-refractivity contribution in [2.45, 2.75) is 45.1 Å². The van der Waals surface area contributed by atoms with Crippen LogP contribution < -0.4 is 20.7 Å². The van der Waals surface area contributed by atoms with E-state index < -0.39 is 0 Å². The standard InChI is InChI=1S/C30H30N6O2/c1-21-17-24(12-14-28(21)38-25-10-6-15-31-19-25)35-29-26-18-22(11-13-27(26)33-20-34-29)7-5-16-32-30(37)36-23-8-3-2-4-9-23/h6,10-15,17-20,23H,2-4,8-9,16H2,1H3,(H2,32,36,37)(H,33,34,35). The number of ether oxygens (including phenoxy) is 1. The average molecular weight is 507 g/mol. The first-order valence-corrected chi connectivity index (χ1v) is 12.9. The Morgan fingerprint density at radius 2 is 1.97 bits per heavy atom. The van der Waals surface area contributed by atoms with Crippen molar-refractivity contribution in [3.8, 4) is 23.3 Å². The number of carbonyl (C=O) groups is 1. The van der Waals surface area contributed by atoms with Crippen LogP contribution in [0.2, 0.25) is 0 Å². The minimum Gasteiger partial charge on any atom is -0.455 e. The van der Waals surface area contributed by atoms with Crippen molar-refractivity contribution in [1.29, 1.82) is 0 Å². The lowest BCUT2D eigenvalue weighted by Gasteiger charge is -2.22. The van der Waals surface area contributed by atoms with Gasteiger partial charge in [0.15, 0.2) is 0 Å². The predicted octanol–water partition coefficient (Wildman–Crippen LogP) is 5.85. The van der Waals surface area contributed by atoms with E-state index in [2.05, 4.69) is 42.7 Å². The van der Waals surface area contributed by atoms with Gasteiger partial charge in [-0.2, -0.15) is 0 Å². The Morgan fingerprint density at radius 1 is 1.08 bits per heavy atom. The third kappa shape index (κ3) is 6.56. The molecule has 8 nitrogen and oxygen atoms in total. The van der Waals surface area contributed by atoms with E-state index >= 15 is 0 Å². The van der Waals surface area contributed by atoms with Crippen molar-refractivity contribution >= 4 is 28.4 Å². The zero-order valence-corrected chi connectivity index (χ0v) is 21.3. The number of pyridine rings is 1. The van der Waals surface area contributed by atoms with E-state index in [-0.39, 0.29) is 18.6 Å². The zero-order chi connectivity index (χ0) is 26.2. The second-order valence-corrected chi connectivity index (χ2v) is 9.31. The quantitative estimate of drug-likeness (QED) is 0.284. The smallest absolute Gasteiger partial charge is 0.315 e. The molecule has 5 rings (SSSR count). The summed E-state index contributed by atoms with van der Waals surface area (Å²) >= 11 is 0. The summed E-state index contributed by atoms with van der Waals surface area (Å²) in [6.45, 7) is 2.27. The van der Waals surface area contributed by atoms with Gasteiger partial charge in [0.1, 0.15) is 23.6 Å². The molecule has 2 aromatic heterocycles. The highest BCUT2D eigenvalue weighted by Gasteiger charge is 2.15. The summed E-state index contributed by atoms with van der Waals surface area (Å²) in [6, 6.07) is 15.5. The van der Waals surface area contributed by atoms with E-state index in [1.54, 1.807) is 12.4 Å². The van der Waals surface area contributed by atoms with Crippen LogP contribution in [0.15, 0.2) is 67.3 Å². The first-order valence-electron chi connectivity index (χ1n) is 12.9. The molecule has 0 atom stereocenters. The monoisotopic (exact) mass is 506 g/mol. The molecule has 0 saturated heterocycles. The lowest BCUT2D eigenvalue weighted by Crippen LogP contribution is -2.42. The maximum atomic E-state index is 12.1. The molecule has 2 aromatic carbocycles. The molecule has 3 N–H and O–H groups in total. The van der Waals surface area contributed by atoms with Gasteiger partial charge in [-0.05, 0) is 73.9 Å². The third-order valence-corrected chi connectivity index (χ3v) is 6.45. The molecule has 0 radical (unpaired) electrons. The van der Waals surface area contributed by atoms with E-state index in [4.69, 9.17) is 4.74 Å². The zero-order valence-electron chi connectivity index (χ0n) is 21.3. The maximum absolute atomic E-state index is 12.1. The van der Waals surface area contributed by atoms with Crippen LogP contribution >= 0.6 is 0 Å². The molecule has 2 amide bonds. The molecule has 0 aliphatic heterocycles. The second-order valence-electron chi connectivity index (χ2n) is 9.31. The Bertz CT molecular complexity index is 1470. The molecule has 0 spiro atoms. The van der Waals surface area contributed by atoms with Crippen LogP contribution in [-0.2, 0) is 0 Å². The Hall–Kier alpha value is -4.64. The van der Waals surface area contributed by atoms with Crippen LogP contribution in [0.25, 0.3) is 10.9 Å². The first-order chi connectivity index (χ1) is 18.6. The number of anilines is 2. The van der Waals surface area contributed by atoms with E-state index in [1.165, 1.54) is 25.6 Å². The van der Waals surface area contributed by atoms with Gasteiger partial charge in [-0.3, -0.25) is 4.98 Å². The topological polar surface area (TPSA) is 101 Å². The Labute approximate surface area is 222 Å². The molecular weight excluding hydrogens is 476 g/mol. The predicted molar refractivity (Wildman–Crippen MR) is 149 cm³/mol. The number of hydrogen-bond acceptors (Lipinski definition) is 6. The Balaban J connectivity index is 1.24. The molecule has 1 aliphatic rings. The molecule has 4 aromatic rings. The highest BCUT2D eigenvalue weighted by Crippen LogP contribution is 2.29. The van der Waals surface area contributed by atoms with Crippen LogP contribution in [-0.4, -0.2) is 33.6 Å². The van der Waals surface area contributed by atoms with Crippen LogP contribution in [0.1, 0.15) is 43.2 Å². The molecule has 1 saturated carbocycles. The van der Waals surface area contributed by atoms with Crippen molar-refractivity contribution < 1.29 is 9.53 Å². The highest BCUT2D eigenvalue weighted by atomic mass is 16.5. The molecule has 1 fully saturated rings. The van der Waals surface area contributed by atoms with Crippen molar-refractivity contribution in [3.63, 3.8) is 0 Å². The van der Waals surface area contributed by atoms with Crippen molar-refractivity contribution in [1.82, 2.24) is 25.6 Å². The number of nitrogens with zero attached hydrogens (tertiary/aromatic N) is 3. The largest absolute Gasteiger partial charge is 0.455 e. The minimum atomic E-state index is -0.156. The van der Waals surface area contributed by atoms with E-state index in [0.717, 1.165) is 46.3 Å². The van der Waals surface area contributed by atoms with Crippen LogP contribution in [0.4, 0.5) is 16.3 Å². The average Bonchev–Trinajstić information content (AvgIpc) is 2.94. The van der Waals surface area contributed by atoms with E-state index in [0.29, 0.717) is 11.6 Å². The fraction of sp³-hybridized carbons (Fsp3) is 0.267. The molecule has 8 heteroatoms. The maximum Gasteiger partial charge on any atom is 0.315 e. The van der Waals surface area contributed by atoms with Gasteiger partial charge >= 0.3 is 6.03 Å². The summed E-state index contributed by atoms with van der Waals surface area (Å²) in [5.41, 5.74) is 3.49. The van der Waals surface area contributed by atoms with Crippen LogP contribution in [0.3, 0.4) is 0 Å². The molecule has 38 heavy (non-hydrogen) atoms. The fourth-order valence-corrected chi connectivity index (χ4v) is 4.50. The SMILES string of the molecule is Cc1cc(Nc2ncnc3ccc(C#CCNC(=O)NC4CCCCC4)cc23)ccc1Oc1cccnc1. The number of nitrogens with one attached hydrogen (secondary N) is 3. The third-order valence-electron chi connectivity index (χ3n) is 6.45. The first kappa shape index (κ1) is 25.0. The van der Waals surface area contributed by atoms with Crippen molar-refractivity contribution in [2.24, 2.45) is 0 Å². The van der Waals surface area contributed by atoms with Crippen LogP contribution in [0, 0.1) is 18.8 Å². The summed E-state index contributed by atoms with van der Waals surface area (Å²) < 4.78 is 5.94. The van der Waals surface area contributed by atoms with Crippen molar-refractivity contribution in [3.05, 3.63) is 78.4 Å². The number of aryl methyl sites for hydroxylation is 1. The summed E-state index contributed by atoms with van der Waals surface area (Å²) in [5, 5.41) is 10.1. The Morgan fingerprint density at radius 3 is 2.79 bits per heavy atom. The van der Waals surface area contributed by atoms with E-state index in [1.807, 2.05) is 55.5 Å². The lowest BCUT2D eigenvalue weighted by atomic mass is 9.96. The number of carbonyl (C=O) groups excluding carboxylic acids is 1. The number of fused-ring (bicyclic) bond motifs is 1. The van der Waals surface area contributed by atoms with Gasteiger partial charge in [-0.1, -0.05) is 31.1 Å². The van der Waals surface area contributed by atoms with E-state index in [9.17, 15) is 4.79 Å². The summed E-state index contributed by atoms with van der Waals surface area (Å²) in [7, 11) is 0. The summed E-state index contributed by atoms with van der Waals surface area (Å²) in [4.78, 5) is 25.1. The Kier molecular flexibility index (Phi) is 7.95. The molecule has 2 heterocycles. The fourth-order valence-electron chi connectivity index (χ4n) is 4.50.